The minimum atomic E-state index is -0.677. The molecule has 5 nitrogen and oxygen atoms in total. The zero-order valence-electron chi connectivity index (χ0n) is 11.2. The molecule has 109 valence electrons. The molecule has 2 N–H and O–H groups in total. The zero-order chi connectivity index (χ0) is 15.4. The van der Waals surface area contributed by atoms with Crippen molar-refractivity contribution in [2.24, 2.45) is 0 Å². The minimum absolute atomic E-state index is 0.260. The van der Waals surface area contributed by atoms with Crippen molar-refractivity contribution in [1.82, 2.24) is 10.4 Å². The molecule has 1 fully saturated rings. The van der Waals surface area contributed by atoms with E-state index in [2.05, 4.69) is 5.92 Å². The molecule has 2 rings (SSSR count). The number of hydroxylamine groups is 1. The average molecular weight is 306 g/mol. The maximum atomic E-state index is 12.5. The van der Waals surface area contributed by atoms with Crippen LogP contribution in [-0.4, -0.2) is 34.5 Å². The standard InChI is InChI=1S/C15H14ClN2O3/c1-2-10-6-7-11(9-12(10)16)15(20)18-8-4-3-5-13(18)14(19)17-21/h6-7,9,13,21H,3-5,8H2,(H,17,19). The predicted octanol–water partition coefficient (Wildman–Crippen LogP) is 1.78. The van der Waals surface area contributed by atoms with Crippen molar-refractivity contribution in [2.45, 2.75) is 25.3 Å². The molecule has 6 heteroatoms. The molecule has 21 heavy (non-hydrogen) atoms. The van der Waals surface area contributed by atoms with Crippen molar-refractivity contribution in [3.63, 3.8) is 0 Å². The van der Waals surface area contributed by atoms with Gasteiger partial charge >= 0.3 is 0 Å². The number of hydrogen-bond acceptors (Lipinski definition) is 3. The van der Waals surface area contributed by atoms with E-state index in [-0.39, 0.29) is 10.9 Å². The summed E-state index contributed by atoms with van der Waals surface area (Å²) >= 11 is 5.97. The molecule has 0 aromatic heterocycles. The van der Waals surface area contributed by atoms with Crippen LogP contribution in [0.25, 0.3) is 0 Å². The van der Waals surface area contributed by atoms with Crippen LogP contribution in [-0.2, 0) is 4.79 Å². The highest BCUT2D eigenvalue weighted by molar-refractivity contribution is 6.32. The van der Waals surface area contributed by atoms with Crippen LogP contribution in [0.2, 0.25) is 5.02 Å². The van der Waals surface area contributed by atoms with Crippen molar-refractivity contribution >= 4 is 23.4 Å². The second-order valence-electron chi connectivity index (χ2n) is 4.81. The molecule has 0 bridgehead atoms. The molecule has 0 aliphatic carbocycles. The van der Waals surface area contributed by atoms with Crippen LogP contribution in [0.15, 0.2) is 18.2 Å². The Morgan fingerprint density at radius 2 is 2.19 bits per heavy atom. The number of nitrogens with one attached hydrogen (secondary N) is 1. The fourth-order valence-electron chi connectivity index (χ4n) is 2.44. The number of piperidine rings is 1. The first-order chi connectivity index (χ1) is 10.1. The van der Waals surface area contributed by atoms with Crippen LogP contribution in [0.5, 0.6) is 0 Å². The molecular formula is C15H14ClN2O3. The highest BCUT2D eigenvalue weighted by Crippen LogP contribution is 2.23. The molecule has 1 unspecified atom stereocenters. The van der Waals surface area contributed by atoms with E-state index in [0.29, 0.717) is 24.1 Å². The Labute approximate surface area is 127 Å². The lowest BCUT2D eigenvalue weighted by atomic mass is 10.00. The number of carbonyl (C=O) groups excluding carboxylic acids is 2. The Hall–Kier alpha value is -2.03. The van der Waals surface area contributed by atoms with Crippen LogP contribution in [0.1, 0.15) is 35.2 Å². The topological polar surface area (TPSA) is 69.6 Å². The van der Waals surface area contributed by atoms with E-state index in [1.165, 1.54) is 17.0 Å². The Balaban J connectivity index is 2.27. The van der Waals surface area contributed by atoms with Crippen LogP contribution in [0.4, 0.5) is 0 Å². The number of amides is 2. The van der Waals surface area contributed by atoms with Crippen molar-refractivity contribution < 1.29 is 14.8 Å². The lowest BCUT2D eigenvalue weighted by molar-refractivity contribution is -0.135. The summed E-state index contributed by atoms with van der Waals surface area (Å²) in [6.07, 6.45) is 9.20. The van der Waals surface area contributed by atoms with E-state index in [9.17, 15) is 9.59 Å². The Morgan fingerprint density at radius 1 is 1.43 bits per heavy atom. The fourth-order valence-corrected chi connectivity index (χ4v) is 2.66. The van der Waals surface area contributed by atoms with Gasteiger partial charge in [-0.3, -0.25) is 14.8 Å². The predicted molar refractivity (Wildman–Crippen MR) is 76.3 cm³/mol. The summed E-state index contributed by atoms with van der Waals surface area (Å²) in [5, 5.41) is 9.04. The Bertz CT molecular complexity index is 609. The van der Waals surface area contributed by atoms with Crippen molar-refractivity contribution in [3.8, 4) is 5.92 Å². The lowest BCUT2D eigenvalue weighted by Gasteiger charge is -2.34. The molecule has 2 amide bonds. The first-order valence-electron chi connectivity index (χ1n) is 6.55. The third-order valence-corrected chi connectivity index (χ3v) is 3.84. The van der Waals surface area contributed by atoms with Crippen molar-refractivity contribution in [1.29, 1.82) is 0 Å². The summed E-state index contributed by atoms with van der Waals surface area (Å²) in [7, 11) is 0. The maximum absolute atomic E-state index is 12.5. The fraction of sp³-hybridized carbons (Fsp3) is 0.333. The first-order valence-corrected chi connectivity index (χ1v) is 6.93. The molecular weight excluding hydrogens is 292 g/mol. The molecule has 1 atom stereocenters. The van der Waals surface area contributed by atoms with Crippen molar-refractivity contribution in [3.05, 3.63) is 40.8 Å². The third kappa shape index (κ3) is 3.18. The minimum Gasteiger partial charge on any atom is -0.327 e. The van der Waals surface area contributed by atoms with E-state index >= 15 is 0 Å². The van der Waals surface area contributed by atoms with Gasteiger partial charge in [0.25, 0.3) is 11.8 Å². The zero-order valence-corrected chi connectivity index (χ0v) is 12.0. The molecule has 1 aliphatic rings. The van der Waals surface area contributed by atoms with Gasteiger partial charge in [0.15, 0.2) is 0 Å². The van der Waals surface area contributed by atoms with Crippen LogP contribution < -0.4 is 5.48 Å². The summed E-state index contributed by atoms with van der Waals surface area (Å²) in [5.74, 6) is 1.27. The van der Waals surface area contributed by atoms with E-state index in [1.54, 1.807) is 11.5 Å². The number of benzene rings is 1. The van der Waals surface area contributed by atoms with Gasteiger partial charge in [0.2, 0.25) is 0 Å². The van der Waals surface area contributed by atoms with E-state index in [0.717, 1.165) is 12.8 Å². The summed E-state index contributed by atoms with van der Waals surface area (Å²) in [6.45, 7) is 0.451. The highest BCUT2D eigenvalue weighted by atomic mass is 35.5. The maximum Gasteiger partial charge on any atom is 0.266 e. The van der Waals surface area contributed by atoms with Crippen molar-refractivity contribution in [2.75, 3.05) is 6.54 Å². The van der Waals surface area contributed by atoms with Gasteiger partial charge in [0, 0.05) is 17.7 Å². The molecule has 0 spiro atoms. The third-order valence-electron chi connectivity index (χ3n) is 3.53. The summed E-state index contributed by atoms with van der Waals surface area (Å²) in [6, 6.07) is 3.87. The average Bonchev–Trinajstić information content (AvgIpc) is 2.53. The number of hydrogen-bond donors (Lipinski definition) is 2. The second kappa shape index (κ2) is 6.61. The molecule has 1 saturated heterocycles. The smallest absolute Gasteiger partial charge is 0.266 e. The van der Waals surface area contributed by atoms with Gasteiger partial charge in [-0.15, -0.1) is 0 Å². The van der Waals surface area contributed by atoms with Gasteiger partial charge in [-0.05, 0) is 43.9 Å². The molecule has 1 radical (unpaired) electrons. The second-order valence-corrected chi connectivity index (χ2v) is 5.21. The summed E-state index contributed by atoms with van der Waals surface area (Å²) < 4.78 is 0. The van der Waals surface area contributed by atoms with Gasteiger partial charge < -0.3 is 4.90 Å². The first kappa shape index (κ1) is 15.4. The van der Waals surface area contributed by atoms with Crippen LogP contribution >= 0.6 is 11.6 Å². The number of carbonyl (C=O) groups is 2. The number of rotatable bonds is 2. The molecule has 0 saturated carbocycles. The molecule has 1 aromatic rings. The van der Waals surface area contributed by atoms with Gasteiger partial charge in [0.1, 0.15) is 6.04 Å². The van der Waals surface area contributed by atoms with Gasteiger partial charge in [-0.1, -0.05) is 17.5 Å². The highest BCUT2D eigenvalue weighted by Gasteiger charge is 2.32. The van der Waals surface area contributed by atoms with Crippen LogP contribution in [0.3, 0.4) is 0 Å². The SMILES string of the molecule is [C]#Cc1ccc(C(=O)N2CCCCC2C(=O)NO)cc1Cl. The molecule has 1 heterocycles. The van der Waals surface area contributed by atoms with Gasteiger partial charge in [-0.25, -0.2) is 5.48 Å². The molecule has 1 aromatic carbocycles. The molecule has 1 aliphatic heterocycles. The number of likely N-dealkylation sites (tertiary alicyclic amines) is 1. The van der Waals surface area contributed by atoms with Gasteiger partial charge in [-0.2, -0.15) is 0 Å². The normalized spacial score (nSPS) is 18.0. The summed E-state index contributed by atoms with van der Waals surface area (Å²) in [4.78, 5) is 25.6. The van der Waals surface area contributed by atoms with Crippen LogP contribution in [0, 0.1) is 12.3 Å². The quantitative estimate of drug-likeness (QED) is 0.497. The number of halogens is 1. The monoisotopic (exact) mass is 305 g/mol. The number of nitrogens with zero attached hydrogens (tertiary/aromatic N) is 1. The van der Waals surface area contributed by atoms with E-state index in [1.807, 2.05) is 0 Å². The Morgan fingerprint density at radius 3 is 2.81 bits per heavy atom. The largest absolute Gasteiger partial charge is 0.327 e. The Kier molecular flexibility index (Phi) is 4.84. The lowest BCUT2D eigenvalue weighted by Crippen LogP contribution is -2.51. The van der Waals surface area contributed by atoms with E-state index in [4.69, 9.17) is 23.2 Å². The van der Waals surface area contributed by atoms with Gasteiger partial charge in [0.05, 0.1) is 5.02 Å². The summed E-state index contributed by atoms with van der Waals surface area (Å²) in [5.41, 5.74) is 2.35. The van der Waals surface area contributed by atoms with E-state index < -0.39 is 11.9 Å².